The Morgan fingerprint density at radius 3 is 2.27 bits per heavy atom. The highest BCUT2D eigenvalue weighted by molar-refractivity contribution is 14.0. The second kappa shape index (κ2) is 6.20. The van der Waals surface area contributed by atoms with Gasteiger partial charge in [-0.2, -0.15) is 0 Å². The predicted octanol–water partition coefficient (Wildman–Crippen LogP) is -0.988. The molecule has 0 aromatic carbocycles. The van der Waals surface area contributed by atoms with Crippen LogP contribution in [0.25, 0.3) is 0 Å². The van der Waals surface area contributed by atoms with Crippen LogP contribution < -0.4 is 16.8 Å². The molecule has 1 atom stereocenters. The molecule has 0 aliphatic rings. The highest BCUT2D eigenvalue weighted by Gasteiger charge is 2.06. The average Bonchev–Trinajstić information content (AvgIpc) is 1.87. The Balaban J connectivity index is 0. The van der Waals surface area contributed by atoms with Gasteiger partial charge in [-0.15, -0.1) is 24.0 Å². The SMILES string of the molecule is CN=C(N)N[C@H](C)C(N)=O.I. The zero-order valence-electron chi connectivity index (χ0n) is 6.50. The van der Waals surface area contributed by atoms with Crippen molar-refractivity contribution in [2.75, 3.05) is 7.05 Å². The Kier molecular flexibility index (Phi) is 7.37. The van der Waals surface area contributed by atoms with Crippen LogP contribution in [0.15, 0.2) is 4.99 Å². The summed E-state index contributed by atoms with van der Waals surface area (Å²) in [4.78, 5) is 14.0. The third-order valence-corrected chi connectivity index (χ3v) is 1.03. The molecule has 11 heavy (non-hydrogen) atoms. The lowest BCUT2D eigenvalue weighted by Gasteiger charge is -2.08. The van der Waals surface area contributed by atoms with Crippen LogP contribution >= 0.6 is 24.0 Å². The predicted molar refractivity (Wildman–Crippen MR) is 54.8 cm³/mol. The van der Waals surface area contributed by atoms with Crippen molar-refractivity contribution in [3.8, 4) is 0 Å². The van der Waals surface area contributed by atoms with Crippen LogP contribution in [-0.2, 0) is 4.79 Å². The maximum atomic E-state index is 10.4. The lowest BCUT2D eigenvalue weighted by Crippen LogP contribution is -2.45. The van der Waals surface area contributed by atoms with E-state index in [1.165, 1.54) is 7.05 Å². The first-order valence-electron chi connectivity index (χ1n) is 2.86. The number of nitrogens with one attached hydrogen (secondary N) is 1. The Morgan fingerprint density at radius 1 is 1.55 bits per heavy atom. The number of hydrogen-bond donors (Lipinski definition) is 3. The number of nitrogens with zero attached hydrogens (tertiary/aromatic N) is 1. The van der Waals surface area contributed by atoms with Crippen molar-refractivity contribution in [2.24, 2.45) is 16.5 Å². The van der Waals surface area contributed by atoms with Gasteiger partial charge in [0.2, 0.25) is 5.91 Å². The number of carbonyl (C=O) groups is 1. The zero-order chi connectivity index (χ0) is 8.15. The number of aliphatic imine (C=N–C) groups is 1. The fourth-order valence-corrected chi connectivity index (χ4v) is 0.358. The Bertz CT molecular complexity index is 159. The summed E-state index contributed by atoms with van der Waals surface area (Å²) in [5.41, 5.74) is 10.2. The first kappa shape index (κ1) is 13.1. The minimum atomic E-state index is -0.469. The van der Waals surface area contributed by atoms with Gasteiger partial charge >= 0.3 is 0 Å². The van der Waals surface area contributed by atoms with Crippen LogP contribution in [-0.4, -0.2) is 25.0 Å². The number of guanidine groups is 1. The summed E-state index contributed by atoms with van der Waals surface area (Å²) in [5, 5.41) is 2.58. The third-order valence-electron chi connectivity index (χ3n) is 1.03. The van der Waals surface area contributed by atoms with Crippen LogP contribution in [0.4, 0.5) is 0 Å². The summed E-state index contributed by atoms with van der Waals surface area (Å²) in [6.07, 6.45) is 0. The van der Waals surface area contributed by atoms with Crippen LogP contribution in [0.5, 0.6) is 0 Å². The highest BCUT2D eigenvalue weighted by atomic mass is 127. The maximum Gasteiger partial charge on any atom is 0.239 e. The van der Waals surface area contributed by atoms with Crippen molar-refractivity contribution in [1.82, 2.24) is 5.32 Å². The summed E-state index contributed by atoms with van der Waals surface area (Å²) in [6.45, 7) is 1.61. The van der Waals surface area contributed by atoms with E-state index in [0.29, 0.717) is 0 Å². The van der Waals surface area contributed by atoms with Gasteiger partial charge in [-0.25, -0.2) is 0 Å². The average molecular weight is 272 g/mol. The van der Waals surface area contributed by atoms with Crippen molar-refractivity contribution in [3.63, 3.8) is 0 Å². The van der Waals surface area contributed by atoms with Crippen LogP contribution in [0, 0.1) is 0 Å². The van der Waals surface area contributed by atoms with Crippen molar-refractivity contribution < 1.29 is 4.79 Å². The van der Waals surface area contributed by atoms with Crippen LogP contribution in [0.2, 0.25) is 0 Å². The molecule has 1 amide bonds. The first-order chi connectivity index (χ1) is 4.57. The van der Waals surface area contributed by atoms with Gasteiger partial charge in [0.1, 0.15) is 6.04 Å². The highest BCUT2D eigenvalue weighted by Crippen LogP contribution is 1.75. The molecule has 0 spiro atoms. The van der Waals surface area contributed by atoms with Gasteiger partial charge in [-0.3, -0.25) is 9.79 Å². The van der Waals surface area contributed by atoms with E-state index >= 15 is 0 Å². The molecule has 0 aliphatic heterocycles. The number of hydrogen-bond acceptors (Lipinski definition) is 2. The number of rotatable bonds is 2. The number of carbonyl (C=O) groups excluding carboxylic acids is 1. The van der Waals surface area contributed by atoms with Gasteiger partial charge in [-0.1, -0.05) is 0 Å². The molecule has 6 heteroatoms. The Morgan fingerprint density at radius 2 is 2.00 bits per heavy atom. The summed E-state index contributed by atoms with van der Waals surface area (Å²) < 4.78 is 0. The van der Waals surface area contributed by atoms with Crippen molar-refractivity contribution in [1.29, 1.82) is 0 Å². The Labute approximate surface area is 82.6 Å². The van der Waals surface area contributed by atoms with E-state index in [2.05, 4.69) is 10.3 Å². The molecule has 0 aromatic heterocycles. The van der Waals surface area contributed by atoms with E-state index in [-0.39, 0.29) is 29.9 Å². The fraction of sp³-hybridized carbons (Fsp3) is 0.600. The lowest BCUT2D eigenvalue weighted by molar-refractivity contribution is -0.119. The lowest BCUT2D eigenvalue weighted by atomic mass is 10.3. The Hall–Kier alpha value is -0.530. The molecule has 0 saturated heterocycles. The zero-order valence-corrected chi connectivity index (χ0v) is 8.83. The maximum absolute atomic E-state index is 10.4. The molecule has 5 nitrogen and oxygen atoms in total. The van der Waals surface area contributed by atoms with E-state index in [0.717, 1.165) is 0 Å². The monoisotopic (exact) mass is 272 g/mol. The van der Waals surface area contributed by atoms with Crippen LogP contribution in [0.3, 0.4) is 0 Å². The van der Waals surface area contributed by atoms with Crippen molar-refractivity contribution in [2.45, 2.75) is 13.0 Å². The molecule has 0 bridgehead atoms. The number of primary amides is 1. The second-order valence-corrected chi connectivity index (χ2v) is 1.88. The van der Waals surface area contributed by atoms with E-state index in [4.69, 9.17) is 11.5 Å². The molecule has 5 N–H and O–H groups in total. The molecule has 66 valence electrons. The summed E-state index contributed by atoms with van der Waals surface area (Å²) in [7, 11) is 1.52. The van der Waals surface area contributed by atoms with Gasteiger partial charge in [0, 0.05) is 7.05 Å². The normalized spacial score (nSPS) is 13.1. The standard InChI is InChI=1S/C5H12N4O.HI/c1-3(4(6)10)9-5(7)8-2;/h3H,1-2H3,(H2,6,10)(H3,7,8,9);1H/t3-;/m1./s1. The number of amides is 1. The number of nitrogens with two attached hydrogens (primary N) is 2. The molecule has 0 aliphatic carbocycles. The second-order valence-electron chi connectivity index (χ2n) is 1.88. The van der Waals surface area contributed by atoms with Crippen LogP contribution in [0.1, 0.15) is 6.92 Å². The minimum absolute atomic E-state index is 0. The third kappa shape index (κ3) is 5.89. The van der Waals surface area contributed by atoms with E-state index in [9.17, 15) is 4.79 Å². The molecule has 0 saturated carbocycles. The van der Waals surface area contributed by atoms with Gasteiger partial charge in [0.15, 0.2) is 5.96 Å². The molecule has 0 heterocycles. The molecule has 0 fully saturated rings. The summed E-state index contributed by atoms with van der Waals surface area (Å²) in [5.74, 6) is -0.238. The molecule has 0 unspecified atom stereocenters. The van der Waals surface area contributed by atoms with E-state index < -0.39 is 11.9 Å². The molecule has 0 radical (unpaired) electrons. The summed E-state index contributed by atoms with van der Waals surface area (Å²) >= 11 is 0. The van der Waals surface area contributed by atoms with Gasteiger partial charge in [0.05, 0.1) is 0 Å². The van der Waals surface area contributed by atoms with Gasteiger partial charge in [0.25, 0.3) is 0 Å². The van der Waals surface area contributed by atoms with Gasteiger partial charge in [-0.05, 0) is 6.92 Å². The van der Waals surface area contributed by atoms with Crippen molar-refractivity contribution >= 4 is 35.8 Å². The molecular weight excluding hydrogens is 259 g/mol. The quantitative estimate of drug-likeness (QED) is 0.342. The van der Waals surface area contributed by atoms with Gasteiger partial charge < -0.3 is 16.8 Å². The first-order valence-corrected chi connectivity index (χ1v) is 2.86. The topological polar surface area (TPSA) is 93.5 Å². The number of halogens is 1. The summed E-state index contributed by atoms with van der Waals surface area (Å²) in [6, 6.07) is -0.469. The fourth-order valence-electron chi connectivity index (χ4n) is 0.358. The largest absolute Gasteiger partial charge is 0.370 e. The molecule has 0 aromatic rings. The minimum Gasteiger partial charge on any atom is -0.370 e. The van der Waals surface area contributed by atoms with Crippen molar-refractivity contribution in [3.05, 3.63) is 0 Å². The molecular formula is C5H13IN4O. The molecule has 0 rings (SSSR count). The smallest absolute Gasteiger partial charge is 0.239 e. The van der Waals surface area contributed by atoms with E-state index in [1.807, 2.05) is 0 Å². The van der Waals surface area contributed by atoms with E-state index in [1.54, 1.807) is 6.92 Å².